The minimum atomic E-state index is -1.36. The molecule has 13 heteroatoms. The van der Waals surface area contributed by atoms with Crippen molar-refractivity contribution in [2.75, 3.05) is 17.2 Å². The zero-order valence-electron chi connectivity index (χ0n) is 23.8. The van der Waals surface area contributed by atoms with Gasteiger partial charge in [0, 0.05) is 45.4 Å². The number of carbonyl (C=O) groups is 3. The highest BCUT2D eigenvalue weighted by atomic mass is 35.5. The van der Waals surface area contributed by atoms with Crippen LogP contribution in [0.4, 0.5) is 21.5 Å². The summed E-state index contributed by atoms with van der Waals surface area (Å²) in [6.45, 7) is 2.95. The standard InChI is InChI=1S/C31H28ClFN8O3/c1-17-7-19(32)3-5-23(17)30-26(12-36-39-30)38-31(44)28-8-20(33)13-41(28)29(43)15-40-14-25(18(2)42)24-9-21(4-6-27(24)40)37-22-10-34-16-35-11-22/h3-7,9-12,14,16,20,28,37H,8,13,15H2,1-2H3,(H,36,39)(H,38,44)/t20-,28+/m1/s1. The van der Waals surface area contributed by atoms with E-state index in [0.717, 1.165) is 11.1 Å². The van der Waals surface area contributed by atoms with Gasteiger partial charge in [0.1, 0.15) is 25.1 Å². The average molecular weight is 615 g/mol. The summed E-state index contributed by atoms with van der Waals surface area (Å²) in [5.41, 5.74) is 5.12. The van der Waals surface area contributed by atoms with Gasteiger partial charge in [0.25, 0.3) is 0 Å². The highest BCUT2D eigenvalue weighted by Crippen LogP contribution is 2.32. The number of hydrogen-bond acceptors (Lipinski definition) is 7. The number of aryl methyl sites for hydroxylation is 1. The number of hydrogen-bond donors (Lipinski definition) is 3. The normalized spacial score (nSPS) is 16.3. The van der Waals surface area contributed by atoms with Crippen LogP contribution < -0.4 is 10.6 Å². The molecule has 0 radical (unpaired) electrons. The summed E-state index contributed by atoms with van der Waals surface area (Å²) in [5, 5.41) is 14.2. The van der Waals surface area contributed by atoms with Crippen molar-refractivity contribution < 1.29 is 18.8 Å². The molecule has 3 N–H and O–H groups in total. The Hall–Kier alpha value is -5.10. The number of nitrogens with zero attached hydrogens (tertiary/aromatic N) is 5. The van der Waals surface area contributed by atoms with Crippen molar-refractivity contribution in [3.63, 3.8) is 0 Å². The summed E-state index contributed by atoms with van der Waals surface area (Å²) in [6, 6.07) is 9.75. The Morgan fingerprint density at radius 3 is 2.64 bits per heavy atom. The van der Waals surface area contributed by atoms with Crippen LogP contribution in [0, 0.1) is 6.92 Å². The van der Waals surface area contributed by atoms with E-state index in [-0.39, 0.29) is 25.3 Å². The van der Waals surface area contributed by atoms with E-state index in [0.29, 0.717) is 44.2 Å². The summed E-state index contributed by atoms with van der Waals surface area (Å²) >= 11 is 6.10. The molecule has 0 saturated carbocycles. The number of halogens is 2. The van der Waals surface area contributed by atoms with E-state index in [1.165, 1.54) is 24.3 Å². The fraction of sp³-hybridized carbons (Fsp3) is 0.226. The number of anilines is 3. The van der Waals surface area contributed by atoms with Crippen molar-refractivity contribution >= 4 is 57.2 Å². The fourth-order valence-electron chi connectivity index (χ4n) is 5.57. The third-order valence-electron chi connectivity index (χ3n) is 7.64. The quantitative estimate of drug-likeness (QED) is 0.201. The van der Waals surface area contributed by atoms with Crippen molar-refractivity contribution in [1.29, 1.82) is 0 Å². The van der Waals surface area contributed by atoms with Crippen LogP contribution in [0.25, 0.3) is 22.2 Å². The maximum Gasteiger partial charge on any atom is 0.247 e. The summed E-state index contributed by atoms with van der Waals surface area (Å²) in [5.74, 6) is -1.13. The van der Waals surface area contributed by atoms with Gasteiger partial charge in [-0.15, -0.1) is 0 Å². The second-order valence-corrected chi connectivity index (χ2v) is 11.1. The zero-order chi connectivity index (χ0) is 31.0. The Labute approximate surface area is 256 Å². The van der Waals surface area contributed by atoms with Crippen LogP contribution >= 0.6 is 11.6 Å². The first-order valence-corrected chi connectivity index (χ1v) is 14.3. The molecule has 1 fully saturated rings. The van der Waals surface area contributed by atoms with Gasteiger partial charge < -0.3 is 20.1 Å². The molecule has 5 aromatic rings. The van der Waals surface area contributed by atoms with E-state index >= 15 is 0 Å². The monoisotopic (exact) mass is 614 g/mol. The van der Waals surface area contributed by atoms with Gasteiger partial charge in [0.15, 0.2) is 5.78 Å². The van der Waals surface area contributed by atoms with Crippen LogP contribution in [-0.2, 0) is 16.1 Å². The first kappa shape index (κ1) is 29.0. The molecule has 4 heterocycles. The van der Waals surface area contributed by atoms with Gasteiger partial charge in [-0.3, -0.25) is 19.5 Å². The van der Waals surface area contributed by atoms with Crippen LogP contribution in [-0.4, -0.2) is 66.0 Å². The number of aromatic amines is 1. The number of fused-ring (bicyclic) bond motifs is 1. The second kappa shape index (κ2) is 11.9. The number of H-pyrrole nitrogens is 1. The van der Waals surface area contributed by atoms with Gasteiger partial charge in [-0.1, -0.05) is 17.7 Å². The lowest BCUT2D eigenvalue weighted by molar-refractivity contribution is -0.137. The van der Waals surface area contributed by atoms with E-state index in [2.05, 4.69) is 30.8 Å². The molecule has 11 nitrogen and oxygen atoms in total. The maximum absolute atomic E-state index is 14.7. The van der Waals surface area contributed by atoms with Gasteiger partial charge >= 0.3 is 0 Å². The Morgan fingerprint density at radius 2 is 1.89 bits per heavy atom. The molecule has 1 saturated heterocycles. The van der Waals surface area contributed by atoms with Crippen LogP contribution in [0.15, 0.2) is 67.5 Å². The Bertz CT molecular complexity index is 1890. The molecule has 224 valence electrons. The van der Waals surface area contributed by atoms with Gasteiger partial charge in [-0.2, -0.15) is 5.10 Å². The minimum absolute atomic E-state index is 0.131. The molecular formula is C31H28ClFN8O3. The van der Waals surface area contributed by atoms with E-state index in [1.807, 2.05) is 25.1 Å². The van der Waals surface area contributed by atoms with Crippen molar-refractivity contribution in [2.24, 2.45) is 0 Å². The number of rotatable bonds is 8. The van der Waals surface area contributed by atoms with E-state index in [9.17, 15) is 18.8 Å². The van der Waals surface area contributed by atoms with E-state index in [1.54, 1.807) is 41.4 Å². The number of Topliss-reactive ketones (excluding diaryl/α,β-unsaturated/α-hetero) is 1. The Kier molecular flexibility index (Phi) is 7.83. The van der Waals surface area contributed by atoms with E-state index < -0.39 is 24.0 Å². The summed E-state index contributed by atoms with van der Waals surface area (Å²) in [6.07, 6.45) is 6.27. The molecule has 0 spiro atoms. The molecule has 3 aromatic heterocycles. The smallest absolute Gasteiger partial charge is 0.247 e. The van der Waals surface area contributed by atoms with Crippen molar-refractivity contribution in [1.82, 2.24) is 29.6 Å². The Balaban J connectivity index is 1.22. The average Bonchev–Trinajstić information content (AvgIpc) is 3.71. The summed E-state index contributed by atoms with van der Waals surface area (Å²) in [4.78, 5) is 48.8. The highest BCUT2D eigenvalue weighted by molar-refractivity contribution is 6.30. The second-order valence-electron chi connectivity index (χ2n) is 10.7. The first-order chi connectivity index (χ1) is 21.2. The highest BCUT2D eigenvalue weighted by Gasteiger charge is 2.40. The molecule has 0 bridgehead atoms. The SMILES string of the molecule is CC(=O)c1cn(CC(=O)N2C[C@H](F)C[C@H]2C(=O)Nc2cn[nH]c2-c2ccc(Cl)cc2C)c2ccc(Nc3cncnc3)cc12. The van der Waals surface area contributed by atoms with Crippen LogP contribution in [0.1, 0.15) is 29.3 Å². The lowest BCUT2D eigenvalue weighted by Gasteiger charge is -2.24. The molecular weight excluding hydrogens is 587 g/mol. The van der Waals surface area contributed by atoms with Crippen molar-refractivity contribution in [3.05, 3.63) is 83.7 Å². The number of amides is 2. The number of alkyl halides is 1. The largest absolute Gasteiger partial charge is 0.353 e. The number of ketones is 1. The van der Waals surface area contributed by atoms with Gasteiger partial charge in [0.05, 0.1) is 42.2 Å². The predicted octanol–water partition coefficient (Wildman–Crippen LogP) is 5.31. The molecule has 6 rings (SSSR count). The van der Waals surface area contributed by atoms with Crippen molar-refractivity contribution in [2.45, 2.75) is 39.0 Å². The van der Waals surface area contributed by atoms with Crippen LogP contribution in [0.5, 0.6) is 0 Å². The molecule has 1 aliphatic rings. The van der Waals surface area contributed by atoms with Crippen molar-refractivity contribution in [3.8, 4) is 11.3 Å². The summed E-state index contributed by atoms with van der Waals surface area (Å²) < 4.78 is 16.4. The summed E-state index contributed by atoms with van der Waals surface area (Å²) in [7, 11) is 0. The van der Waals surface area contributed by atoms with Gasteiger partial charge in [-0.25, -0.2) is 14.4 Å². The number of nitrogens with one attached hydrogen (secondary N) is 3. The minimum Gasteiger partial charge on any atom is -0.353 e. The molecule has 2 atom stereocenters. The Morgan fingerprint density at radius 1 is 1.09 bits per heavy atom. The fourth-order valence-corrected chi connectivity index (χ4v) is 5.80. The number of benzene rings is 2. The third-order valence-corrected chi connectivity index (χ3v) is 7.88. The zero-order valence-corrected chi connectivity index (χ0v) is 24.6. The topological polar surface area (TPSA) is 138 Å². The maximum atomic E-state index is 14.7. The molecule has 0 aliphatic carbocycles. The lowest BCUT2D eigenvalue weighted by atomic mass is 10.0. The molecule has 2 amide bonds. The van der Waals surface area contributed by atoms with Crippen LogP contribution in [0.3, 0.4) is 0 Å². The molecule has 2 aromatic carbocycles. The number of carbonyl (C=O) groups excluding carboxylic acids is 3. The first-order valence-electron chi connectivity index (χ1n) is 13.9. The van der Waals surface area contributed by atoms with Crippen LogP contribution in [0.2, 0.25) is 5.02 Å². The van der Waals surface area contributed by atoms with Gasteiger partial charge in [-0.05, 0) is 49.7 Å². The van der Waals surface area contributed by atoms with E-state index in [4.69, 9.17) is 11.6 Å². The molecule has 1 aliphatic heterocycles. The van der Waals surface area contributed by atoms with Gasteiger partial charge in [0.2, 0.25) is 11.8 Å². The lowest BCUT2D eigenvalue weighted by Crippen LogP contribution is -2.44. The number of aromatic nitrogens is 5. The molecule has 0 unspecified atom stereocenters. The number of likely N-dealkylation sites (tertiary alicyclic amines) is 1. The predicted molar refractivity (Wildman–Crippen MR) is 165 cm³/mol. The molecule has 44 heavy (non-hydrogen) atoms. The third kappa shape index (κ3) is 5.76.